The number of hydrazine groups is 1. The van der Waals surface area contributed by atoms with Gasteiger partial charge in [-0.3, -0.25) is 24.7 Å². The standard InChI is InChI=1S/C12H19N3O3/c1-2-7-5-8-9(6-7)12(18)15(11(8)17)4-3-10(16)14-13/h7-9H,2-6,13H2,1H3,(H,14,16). The van der Waals surface area contributed by atoms with Crippen LogP contribution in [0.5, 0.6) is 0 Å². The third-order valence-corrected chi connectivity index (χ3v) is 4.13. The number of nitrogens with zero attached hydrogens (tertiary/aromatic N) is 1. The van der Waals surface area contributed by atoms with Crippen LogP contribution in [-0.4, -0.2) is 29.2 Å². The molecule has 3 N–H and O–H groups in total. The highest BCUT2D eigenvalue weighted by molar-refractivity contribution is 6.05. The highest BCUT2D eigenvalue weighted by Crippen LogP contribution is 2.44. The fourth-order valence-corrected chi connectivity index (χ4v) is 3.04. The predicted octanol–water partition coefficient (Wildman–Crippen LogP) is -0.212. The summed E-state index contributed by atoms with van der Waals surface area (Å²) in [5.41, 5.74) is 2.00. The Morgan fingerprint density at radius 1 is 1.33 bits per heavy atom. The molecule has 1 saturated carbocycles. The lowest BCUT2D eigenvalue weighted by molar-refractivity contribution is -0.140. The molecule has 0 aromatic rings. The molecule has 1 saturated heterocycles. The monoisotopic (exact) mass is 253 g/mol. The first-order valence-corrected chi connectivity index (χ1v) is 6.43. The van der Waals surface area contributed by atoms with Crippen molar-refractivity contribution >= 4 is 17.7 Å². The number of carbonyl (C=O) groups excluding carboxylic acids is 3. The van der Waals surface area contributed by atoms with Gasteiger partial charge in [0.1, 0.15) is 0 Å². The molecule has 100 valence electrons. The summed E-state index contributed by atoms with van der Waals surface area (Å²) in [6.07, 6.45) is 2.71. The van der Waals surface area contributed by atoms with Crippen molar-refractivity contribution in [2.24, 2.45) is 23.6 Å². The average Bonchev–Trinajstić information content (AvgIpc) is 2.89. The maximum atomic E-state index is 12.1. The number of imide groups is 1. The molecule has 6 heteroatoms. The molecular weight excluding hydrogens is 234 g/mol. The first-order chi connectivity index (χ1) is 8.58. The minimum absolute atomic E-state index is 0.0740. The number of nitrogens with two attached hydrogens (primary N) is 1. The van der Waals surface area contributed by atoms with Crippen LogP contribution in [-0.2, 0) is 14.4 Å². The van der Waals surface area contributed by atoms with Gasteiger partial charge in [0, 0.05) is 13.0 Å². The molecule has 0 aromatic heterocycles. The van der Waals surface area contributed by atoms with E-state index in [4.69, 9.17) is 5.84 Å². The fourth-order valence-electron chi connectivity index (χ4n) is 3.04. The van der Waals surface area contributed by atoms with E-state index in [-0.39, 0.29) is 42.5 Å². The van der Waals surface area contributed by atoms with Gasteiger partial charge in [0.15, 0.2) is 0 Å². The number of hydrogen-bond donors (Lipinski definition) is 2. The molecule has 2 aliphatic rings. The van der Waals surface area contributed by atoms with Crippen molar-refractivity contribution in [1.29, 1.82) is 0 Å². The molecule has 0 bridgehead atoms. The molecule has 1 aliphatic carbocycles. The van der Waals surface area contributed by atoms with Gasteiger partial charge < -0.3 is 0 Å². The van der Waals surface area contributed by atoms with Gasteiger partial charge in [0.25, 0.3) is 0 Å². The molecule has 1 aliphatic heterocycles. The van der Waals surface area contributed by atoms with Gasteiger partial charge in [0.05, 0.1) is 11.8 Å². The summed E-state index contributed by atoms with van der Waals surface area (Å²) in [6.45, 7) is 2.23. The molecule has 18 heavy (non-hydrogen) atoms. The van der Waals surface area contributed by atoms with E-state index in [1.807, 2.05) is 5.43 Å². The van der Waals surface area contributed by atoms with Crippen molar-refractivity contribution in [3.63, 3.8) is 0 Å². The van der Waals surface area contributed by atoms with Crippen LogP contribution in [0.1, 0.15) is 32.6 Å². The first-order valence-electron chi connectivity index (χ1n) is 6.43. The lowest BCUT2D eigenvalue weighted by Crippen LogP contribution is -2.37. The topological polar surface area (TPSA) is 92.5 Å². The lowest BCUT2D eigenvalue weighted by atomic mass is 10.00. The number of likely N-dealkylation sites (tertiary alicyclic amines) is 1. The van der Waals surface area contributed by atoms with Crippen LogP contribution in [0, 0.1) is 17.8 Å². The van der Waals surface area contributed by atoms with Crippen molar-refractivity contribution in [3.8, 4) is 0 Å². The molecule has 2 rings (SSSR count). The lowest BCUT2D eigenvalue weighted by Gasteiger charge is -2.16. The van der Waals surface area contributed by atoms with Crippen LogP contribution in [0.3, 0.4) is 0 Å². The number of carbonyl (C=O) groups is 3. The van der Waals surface area contributed by atoms with Crippen LogP contribution >= 0.6 is 0 Å². The maximum Gasteiger partial charge on any atom is 0.235 e. The minimum atomic E-state index is -0.362. The minimum Gasteiger partial charge on any atom is -0.294 e. The summed E-state index contributed by atoms with van der Waals surface area (Å²) in [4.78, 5) is 36.5. The Labute approximate surface area is 106 Å². The van der Waals surface area contributed by atoms with Gasteiger partial charge >= 0.3 is 0 Å². The fraction of sp³-hybridized carbons (Fsp3) is 0.750. The molecule has 0 radical (unpaired) electrons. The van der Waals surface area contributed by atoms with Gasteiger partial charge in [-0.25, -0.2) is 5.84 Å². The quantitative estimate of drug-likeness (QED) is 0.314. The largest absolute Gasteiger partial charge is 0.294 e. The van der Waals surface area contributed by atoms with Crippen LogP contribution in [0.2, 0.25) is 0 Å². The molecule has 3 amide bonds. The van der Waals surface area contributed by atoms with Gasteiger partial charge in [-0.2, -0.15) is 0 Å². The highest BCUT2D eigenvalue weighted by atomic mass is 16.2. The summed E-state index contributed by atoms with van der Waals surface area (Å²) >= 11 is 0. The second kappa shape index (κ2) is 5.06. The zero-order valence-electron chi connectivity index (χ0n) is 10.5. The summed E-state index contributed by atoms with van der Waals surface area (Å²) in [5, 5.41) is 0. The Balaban J connectivity index is 1.98. The Morgan fingerprint density at radius 2 is 1.89 bits per heavy atom. The van der Waals surface area contributed by atoms with E-state index >= 15 is 0 Å². The number of fused-ring (bicyclic) bond motifs is 1. The zero-order chi connectivity index (χ0) is 13.3. The SMILES string of the molecule is CCC1CC2C(=O)N(CCC(=O)NN)C(=O)C2C1. The predicted molar refractivity (Wildman–Crippen MR) is 63.7 cm³/mol. The van der Waals surface area contributed by atoms with E-state index in [0.29, 0.717) is 5.92 Å². The first kappa shape index (κ1) is 13.0. The molecule has 2 unspecified atom stereocenters. The summed E-state index contributed by atoms with van der Waals surface area (Å²) < 4.78 is 0. The van der Waals surface area contributed by atoms with E-state index < -0.39 is 0 Å². The van der Waals surface area contributed by atoms with Crippen molar-refractivity contribution in [3.05, 3.63) is 0 Å². The Kier molecular flexibility index (Phi) is 3.65. The molecule has 2 fully saturated rings. The Morgan fingerprint density at radius 3 is 2.33 bits per heavy atom. The van der Waals surface area contributed by atoms with E-state index in [1.165, 1.54) is 4.90 Å². The summed E-state index contributed by atoms with van der Waals surface area (Å²) in [6, 6.07) is 0. The smallest absolute Gasteiger partial charge is 0.235 e. The van der Waals surface area contributed by atoms with Crippen LogP contribution in [0.25, 0.3) is 0 Å². The van der Waals surface area contributed by atoms with Crippen molar-refractivity contribution in [2.75, 3.05) is 6.54 Å². The van der Waals surface area contributed by atoms with Gasteiger partial charge in [-0.05, 0) is 18.8 Å². The second-order valence-corrected chi connectivity index (χ2v) is 5.10. The summed E-state index contributed by atoms with van der Waals surface area (Å²) in [7, 11) is 0. The van der Waals surface area contributed by atoms with Gasteiger partial charge in [-0.15, -0.1) is 0 Å². The average molecular weight is 253 g/mol. The van der Waals surface area contributed by atoms with Crippen LogP contribution in [0.15, 0.2) is 0 Å². The number of hydrogen-bond acceptors (Lipinski definition) is 4. The van der Waals surface area contributed by atoms with Gasteiger partial charge in [-0.1, -0.05) is 13.3 Å². The highest BCUT2D eigenvalue weighted by Gasteiger charge is 2.51. The van der Waals surface area contributed by atoms with Crippen molar-refractivity contribution < 1.29 is 14.4 Å². The molecule has 0 aromatic carbocycles. The molecular formula is C12H19N3O3. The second-order valence-electron chi connectivity index (χ2n) is 5.10. The van der Waals surface area contributed by atoms with Crippen molar-refractivity contribution in [1.82, 2.24) is 10.3 Å². The van der Waals surface area contributed by atoms with E-state index in [1.54, 1.807) is 0 Å². The number of nitrogens with one attached hydrogen (secondary N) is 1. The van der Waals surface area contributed by atoms with Gasteiger partial charge in [0.2, 0.25) is 17.7 Å². The maximum absolute atomic E-state index is 12.1. The molecule has 0 spiro atoms. The number of rotatable bonds is 4. The van der Waals surface area contributed by atoms with Crippen LogP contribution in [0.4, 0.5) is 0 Å². The van der Waals surface area contributed by atoms with E-state index in [0.717, 1.165) is 19.3 Å². The third kappa shape index (κ3) is 2.12. The number of amides is 3. The molecule has 2 atom stereocenters. The normalized spacial score (nSPS) is 30.8. The summed E-state index contributed by atoms with van der Waals surface area (Å²) in [5.74, 6) is 4.58. The third-order valence-electron chi connectivity index (χ3n) is 4.13. The van der Waals surface area contributed by atoms with Crippen LogP contribution < -0.4 is 11.3 Å². The van der Waals surface area contributed by atoms with E-state index in [9.17, 15) is 14.4 Å². The molecule has 6 nitrogen and oxygen atoms in total. The van der Waals surface area contributed by atoms with Crippen molar-refractivity contribution in [2.45, 2.75) is 32.6 Å². The zero-order valence-corrected chi connectivity index (χ0v) is 10.5. The van der Waals surface area contributed by atoms with E-state index in [2.05, 4.69) is 6.92 Å². The Hall–Kier alpha value is -1.43. The Bertz CT molecular complexity index is 359. The molecule has 1 heterocycles.